The number of imidazole rings is 1. The summed E-state index contributed by atoms with van der Waals surface area (Å²) in [5, 5.41) is 8.97. The lowest BCUT2D eigenvalue weighted by atomic mass is 10.0. The second kappa shape index (κ2) is 4.04. The van der Waals surface area contributed by atoms with E-state index in [1.807, 2.05) is 6.20 Å². The number of carboxylic acids is 1. The first kappa shape index (κ1) is 10.2. The zero-order chi connectivity index (χ0) is 10.8. The number of aromatic nitrogens is 2. The van der Waals surface area contributed by atoms with E-state index in [1.165, 1.54) is 12.8 Å². The minimum Gasteiger partial charge on any atom is -0.480 e. The molecule has 1 aliphatic carbocycles. The SMILES string of the molecule is CC(C(=O)O)n1cncc1C1CCCC1. The summed E-state index contributed by atoms with van der Waals surface area (Å²) in [7, 11) is 0. The van der Waals surface area contributed by atoms with Crippen LogP contribution in [0.5, 0.6) is 0 Å². The first-order valence-corrected chi connectivity index (χ1v) is 5.44. The first-order valence-electron chi connectivity index (χ1n) is 5.44. The number of hydrogen-bond donors (Lipinski definition) is 1. The Morgan fingerprint density at radius 1 is 1.60 bits per heavy atom. The monoisotopic (exact) mass is 208 g/mol. The highest BCUT2D eigenvalue weighted by atomic mass is 16.4. The van der Waals surface area contributed by atoms with Crippen molar-refractivity contribution in [2.45, 2.75) is 44.6 Å². The molecule has 0 spiro atoms. The fourth-order valence-electron chi connectivity index (χ4n) is 2.30. The highest BCUT2D eigenvalue weighted by Crippen LogP contribution is 2.34. The van der Waals surface area contributed by atoms with Crippen molar-refractivity contribution in [3.8, 4) is 0 Å². The number of carbonyl (C=O) groups is 1. The second-order valence-corrected chi connectivity index (χ2v) is 4.22. The highest BCUT2D eigenvalue weighted by Gasteiger charge is 2.24. The van der Waals surface area contributed by atoms with Crippen molar-refractivity contribution in [1.29, 1.82) is 0 Å². The lowest BCUT2D eigenvalue weighted by molar-refractivity contribution is -0.140. The van der Waals surface area contributed by atoms with Crippen LogP contribution in [0, 0.1) is 0 Å². The Labute approximate surface area is 88.9 Å². The van der Waals surface area contributed by atoms with Gasteiger partial charge in [-0.05, 0) is 19.8 Å². The van der Waals surface area contributed by atoms with E-state index in [0.717, 1.165) is 18.5 Å². The molecule has 1 N–H and O–H groups in total. The molecule has 1 atom stereocenters. The minimum absolute atomic E-state index is 0.509. The van der Waals surface area contributed by atoms with Crippen molar-refractivity contribution in [3.63, 3.8) is 0 Å². The van der Waals surface area contributed by atoms with Crippen LogP contribution in [0.3, 0.4) is 0 Å². The Kier molecular flexibility index (Phi) is 2.75. The van der Waals surface area contributed by atoms with Crippen LogP contribution >= 0.6 is 0 Å². The molecule has 1 saturated carbocycles. The molecular formula is C11H16N2O2. The van der Waals surface area contributed by atoms with Gasteiger partial charge in [-0.2, -0.15) is 0 Å². The Morgan fingerprint density at radius 3 is 2.87 bits per heavy atom. The molecule has 82 valence electrons. The molecule has 0 amide bonds. The molecule has 0 radical (unpaired) electrons. The predicted octanol–water partition coefficient (Wildman–Crippen LogP) is 2.19. The van der Waals surface area contributed by atoms with Gasteiger partial charge in [0.2, 0.25) is 0 Å². The molecule has 0 aliphatic heterocycles. The summed E-state index contributed by atoms with van der Waals surface area (Å²) in [5.74, 6) is -0.290. The topological polar surface area (TPSA) is 55.1 Å². The van der Waals surface area contributed by atoms with Crippen molar-refractivity contribution >= 4 is 5.97 Å². The number of nitrogens with zero attached hydrogens (tertiary/aromatic N) is 2. The van der Waals surface area contributed by atoms with Gasteiger partial charge in [0.15, 0.2) is 0 Å². The van der Waals surface area contributed by atoms with Gasteiger partial charge in [0, 0.05) is 17.8 Å². The molecule has 15 heavy (non-hydrogen) atoms. The molecule has 1 aromatic rings. The van der Waals surface area contributed by atoms with Crippen LogP contribution in [-0.2, 0) is 4.79 Å². The molecule has 4 nitrogen and oxygen atoms in total. The van der Waals surface area contributed by atoms with Crippen LogP contribution in [0.25, 0.3) is 0 Å². The van der Waals surface area contributed by atoms with Gasteiger partial charge in [0.05, 0.1) is 6.33 Å². The molecule has 0 saturated heterocycles. The van der Waals surface area contributed by atoms with Gasteiger partial charge in [-0.25, -0.2) is 9.78 Å². The average Bonchev–Trinajstić information content (AvgIpc) is 2.86. The van der Waals surface area contributed by atoms with E-state index in [9.17, 15) is 4.79 Å². The van der Waals surface area contributed by atoms with Gasteiger partial charge in [-0.1, -0.05) is 12.8 Å². The van der Waals surface area contributed by atoms with E-state index in [4.69, 9.17) is 5.11 Å². The van der Waals surface area contributed by atoms with Gasteiger partial charge < -0.3 is 9.67 Å². The number of carboxylic acid groups (broad SMARTS) is 1. The van der Waals surface area contributed by atoms with Crippen molar-refractivity contribution in [1.82, 2.24) is 9.55 Å². The number of rotatable bonds is 3. The summed E-state index contributed by atoms with van der Waals surface area (Å²) in [6, 6.07) is -0.511. The van der Waals surface area contributed by atoms with E-state index in [2.05, 4.69) is 4.98 Å². The third-order valence-corrected chi connectivity index (χ3v) is 3.24. The molecule has 1 unspecified atom stereocenters. The molecular weight excluding hydrogens is 192 g/mol. The summed E-state index contributed by atoms with van der Waals surface area (Å²) in [6.45, 7) is 1.70. The maximum atomic E-state index is 10.9. The maximum Gasteiger partial charge on any atom is 0.326 e. The molecule has 1 fully saturated rings. The van der Waals surface area contributed by atoms with Gasteiger partial charge in [0.1, 0.15) is 6.04 Å². The lowest BCUT2D eigenvalue weighted by Gasteiger charge is -2.16. The van der Waals surface area contributed by atoms with E-state index in [1.54, 1.807) is 17.8 Å². The standard InChI is InChI=1S/C11H16N2O2/c1-8(11(14)15)13-7-12-6-10(13)9-4-2-3-5-9/h6-9H,2-5H2,1H3,(H,14,15). The van der Waals surface area contributed by atoms with E-state index >= 15 is 0 Å². The smallest absolute Gasteiger partial charge is 0.326 e. The summed E-state index contributed by atoms with van der Waals surface area (Å²) in [5.41, 5.74) is 1.09. The van der Waals surface area contributed by atoms with E-state index in [0.29, 0.717) is 5.92 Å². The molecule has 1 heterocycles. The third-order valence-electron chi connectivity index (χ3n) is 3.24. The highest BCUT2D eigenvalue weighted by molar-refractivity contribution is 5.71. The van der Waals surface area contributed by atoms with Gasteiger partial charge >= 0.3 is 5.97 Å². The van der Waals surface area contributed by atoms with Crippen LogP contribution in [0.15, 0.2) is 12.5 Å². The molecule has 0 aromatic carbocycles. The quantitative estimate of drug-likeness (QED) is 0.828. The molecule has 1 aliphatic rings. The second-order valence-electron chi connectivity index (χ2n) is 4.22. The van der Waals surface area contributed by atoms with Crippen molar-refractivity contribution in [2.75, 3.05) is 0 Å². The van der Waals surface area contributed by atoms with E-state index < -0.39 is 12.0 Å². The number of hydrogen-bond acceptors (Lipinski definition) is 2. The van der Waals surface area contributed by atoms with Crippen molar-refractivity contribution in [3.05, 3.63) is 18.2 Å². The molecule has 2 rings (SSSR count). The maximum absolute atomic E-state index is 10.9. The Hall–Kier alpha value is -1.32. The van der Waals surface area contributed by atoms with E-state index in [-0.39, 0.29) is 0 Å². The normalized spacial score (nSPS) is 19.3. The fourth-order valence-corrected chi connectivity index (χ4v) is 2.30. The van der Waals surface area contributed by atoms with Crippen LogP contribution in [0.1, 0.15) is 50.3 Å². The van der Waals surface area contributed by atoms with Crippen LogP contribution in [-0.4, -0.2) is 20.6 Å². The molecule has 0 bridgehead atoms. The number of aliphatic carboxylic acids is 1. The lowest BCUT2D eigenvalue weighted by Crippen LogP contribution is -2.17. The molecule has 1 aromatic heterocycles. The minimum atomic E-state index is -0.799. The summed E-state index contributed by atoms with van der Waals surface area (Å²) >= 11 is 0. The Morgan fingerprint density at radius 2 is 2.27 bits per heavy atom. The van der Waals surface area contributed by atoms with Crippen LogP contribution in [0.2, 0.25) is 0 Å². The van der Waals surface area contributed by atoms with Gasteiger partial charge in [0.25, 0.3) is 0 Å². The van der Waals surface area contributed by atoms with Gasteiger partial charge in [-0.15, -0.1) is 0 Å². The Bertz CT molecular complexity index is 353. The zero-order valence-corrected chi connectivity index (χ0v) is 8.89. The van der Waals surface area contributed by atoms with Crippen molar-refractivity contribution in [2.24, 2.45) is 0 Å². The average molecular weight is 208 g/mol. The Balaban J connectivity index is 2.24. The molecule has 4 heteroatoms. The van der Waals surface area contributed by atoms with Gasteiger partial charge in [-0.3, -0.25) is 0 Å². The third kappa shape index (κ3) is 1.89. The van der Waals surface area contributed by atoms with Crippen LogP contribution < -0.4 is 0 Å². The zero-order valence-electron chi connectivity index (χ0n) is 8.89. The first-order chi connectivity index (χ1) is 7.20. The predicted molar refractivity (Wildman–Crippen MR) is 55.8 cm³/mol. The fraction of sp³-hybridized carbons (Fsp3) is 0.636. The summed E-state index contributed by atoms with van der Waals surface area (Å²) < 4.78 is 1.79. The van der Waals surface area contributed by atoms with Crippen molar-refractivity contribution < 1.29 is 9.90 Å². The largest absolute Gasteiger partial charge is 0.480 e. The summed E-state index contributed by atoms with van der Waals surface area (Å²) in [6.07, 6.45) is 8.27. The summed E-state index contributed by atoms with van der Waals surface area (Å²) in [4.78, 5) is 15.0. The van der Waals surface area contributed by atoms with Crippen LogP contribution in [0.4, 0.5) is 0 Å².